The monoisotopic (exact) mass is 237 g/mol. The van der Waals surface area contributed by atoms with Crippen molar-refractivity contribution < 1.29 is 14.1 Å². The summed E-state index contributed by atoms with van der Waals surface area (Å²) in [5.74, 6) is -1.20. The van der Waals surface area contributed by atoms with Crippen molar-refractivity contribution in [2.75, 3.05) is 5.75 Å². The average Bonchev–Trinajstić information content (AvgIpc) is 2.19. The van der Waals surface area contributed by atoms with Crippen LogP contribution in [-0.4, -0.2) is 21.0 Å². The summed E-state index contributed by atoms with van der Waals surface area (Å²) >= 11 is 0. The van der Waals surface area contributed by atoms with Crippen LogP contribution in [0.15, 0.2) is 18.2 Å². The Bertz CT molecular complexity index is 477. The van der Waals surface area contributed by atoms with Gasteiger partial charge in [-0.2, -0.15) is 5.26 Å². The van der Waals surface area contributed by atoms with E-state index in [1.165, 1.54) is 0 Å². The Morgan fingerprint density at radius 1 is 1.56 bits per heavy atom. The van der Waals surface area contributed by atoms with Crippen LogP contribution in [0.4, 0.5) is 0 Å². The van der Waals surface area contributed by atoms with E-state index in [9.17, 15) is 9.00 Å². The molecular formula is C11H11NO3S. The summed E-state index contributed by atoms with van der Waals surface area (Å²) in [6.07, 6.45) is 0. The molecule has 0 heterocycles. The van der Waals surface area contributed by atoms with E-state index in [2.05, 4.69) is 0 Å². The van der Waals surface area contributed by atoms with E-state index in [1.807, 2.05) is 13.0 Å². The van der Waals surface area contributed by atoms with Gasteiger partial charge in [-0.15, -0.1) is 0 Å². The summed E-state index contributed by atoms with van der Waals surface area (Å²) in [6, 6.07) is 7.07. The largest absolute Gasteiger partial charge is 0.481 e. The Balaban J connectivity index is 2.79. The highest BCUT2D eigenvalue weighted by Crippen LogP contribution is 2.12. The quantitative estimate of drug-likeness (QED) is 0.853. The molecule has 5 heteroatoms. The second-order valence-corrected chi connectivity index (χ2v) is 4.83. The number of carboxylic acids is 1. The molecule has 0 amide bonds. The number of carbonyl (C=O) groups is 1. The van der Waals surface area contributed by atoms with Crippen LogP contribution < -0.4 is 0 Å². The molecule has 1 N–H and O–H groups in total. The van der Waals surface area contributed by atoms with Gasteiger partial charge in [0.2, 0.25) is 0 Å². The summed E-state index contributed by atoms with van der Waals surface area (Å²) in [5.41, 5.74) is 2.22. The van der Waals surface area contributed by atoms with E-state index in [-0.39, 0.29) is 11.5 Å². The smallest absolute Gasteiger partial charge is 0.316 e. The number of nitrogens with zero attached hydrogens (tertiary/aromatic N) is 1. The van der Waals surface area contributed by atoms with Gasteiger partial charge in [-0.25, -0.2) is 0 Å². The summed E-state index contributed by atoms with van der Waals surface area (Å²) in [5, 5.41) is 17.1. The van der Waals surface area contributed by atoms with Crippen LogP contribution in [0.3, 0.4) is 0 Å². The maximum atomic E-state index is 11.4. The van der Waals surface area contributed by atoms with E-state index < -0.39 is 16.8 Å². The van der Waals surface area contributed by atoms with Crippen LogP contribution in [-0.2, 0) is 21.3 Å². The minimum Gasteiger partial charge on any atom is -0.481 e. The first-order chi connectivity index (χ1) is 7.52. The first-order valence-corrected chi connectivity index (χ1v) is 6.08. The molecule has 0 saturated heterocycles. The molecule has 0 saturated carbocycles. The van der Waals surface area contributed by atoms with Crippen LogP contribution in [0, 0.1) is 18.3 Å². The van der Waals surface area contributed by atoms with E-state index in [4.69, 9.17) is 10.4 Å². The number of aliphatic carboxylic acids is 1. The van der Waals surface area contributed by atoms with Gasteiger partial charge in [-0.1, -0.05) is 6.07 Å². The fraction of sp³-hybridized carbons (Fsp3) is 0.273. The summed E-state index contributed by atoms with van der Waals surface area (Å²) in [4.78, 5) is 10.3. The van der Waals surface area contributed by atoms with Crippen molar-refractivity contribution in [3.8, 4) is 6.07 Å². The van der Waals surface area contributed by atoms with Crippen molar-refractivity contribution in [3.05, 3.63) is 34.9 Å². The van der Waals surface area contributed by atoms with Gasteiger partial charge >= 0.3 is 5.97 Å². The lowest BCUT2D eigenvalue weighted by Crippen LogP contribution is -2.11. The predicted molar refractivity (Wildman–Crippen MR) is 60.2 cm³/mol. The van der Waals surface area contributed by atoms with Gasteiger partial charge in [-0.05, 0) is 30.2 Å². The van der Waals surface area contributed by atoms with Crippen LogP contribution >= 0.6 is 0 Å². The van der Waals surface area contributed by atoms with Crippen LogP contribution in [0.25, 0.3) is 0 Å². The third-order valence-electron chi connectivity index (χ3n) is 2.07. The van der Waals surface area contributed by atoms with Crippen molar-refractivity contribution in [2.45, 2.75) is 12.7 Å². The number of nitriles is 1. The van der Waals surface area contributed by atoms with Gasteiger partial charge < -0.3 is 5.11 Å². The number of rotatable bonds is 4. The van der Waals surface area contributed by atoms with Gasteiger partial charge in [0, 0.05) is 16.6 Å². The Morgan fingerprint density at radius 3 is 2.75 bits per heavy atom. The number of hydrogen-bond acceptors (Lipinski definition) is 3. The van der Waals surface area contributed by atoms with Gasteiger partial charge in [0.25, 0.3) is 0 Å². The molecule has 0 bridgehead atoms. The summed E-state index contributed by atoms with van der Waals surface area (Å²) in [7, 11) is -1.40. The number of carboxylic acid groups (broad SMARTS) is 1. The topological polar surface area (TPSA) is 78.2 Å². The third-order valence-corrected chi connectivity index (χ3v) is 3.27. The molecular weight excluding hydrogens is 226 g/mol. The molecule has 0 aliphatic carbocycles. The Morgan fingerprint density at radius 2 is 2.25 bits per heavy atom. The minimum absolute atomic E-state index is 0.212. The van der Waals surface area contributed by atoms with Crippen molar-refractivity contribution in [2.24, 2.45) is 0 Å². The fourth-order valence-corrected chi connectivity index (χ4v) is 2.34. The molecule has 0 radical (unpaired) electrons. The highest BCUT2D eigenvalue weighted by atomic mass is 32.2. The lowest BCUT2D eigenvalue weighted by Gasteiger charge is -2.04. The molecule has 1 aromatic rings. The van der Waals surface area contributed by atoms with Gasteiger partial charge in [0.05, 0.1) is 11.6 Å². The first kappa shape index (κ1) is 12.4. The first-order valence-electron chi connectivity index (χ1n) is 4.59. The molecule has 84 valence electrons. The van der Waals surface area contributed by atoms with E-state index in [1.54, 1.807) is 18.2 Å². The van der Waals surface area contributed by atoms with Crippen molar-refractivity contribution in [1.82, 2.24) is 0 Å². The van der Waals surface area contributed by atoms with Crippen LogP contribution in [0.5, 0.6) is 0 Å². The Labute approximate surface area is 96.0 Å². The molecule has 0 aliphatic rings. The number of benzene rings is 1. The maximum absolute atomic E-state index is 11.4. The highest BCUT2D eigenvalue weighted by Gasteiger charge is 2.08. The zero-order valence-electron chi connectivity index (χ0n) is 8.77. The SMILES string of the molecule is Cc1cc(C#N)ccc1CS(=O)CC(=O)O. The average molecular weight is 237 g/mol. The van der Waals surface area contributed by atoms with Crippen LogP contribution in [0.2, 0.25) is 0 Å². The van der Waals surface area contributed by atoms with Crippen molar-refractivity contribution in [1.29, 1.82) is 5.26 Å². The molecule has 16 heavy (non-hydrogen) atoms. The van der Waals surface area contributed by atoms with Crippen molar-refractivity contribution in [3.63, 3.8) is 0 Å². The fourth-order valence-electron chi connectivity index (χ4n) is 1.29. The molecule has 0 fully saturated rings. The van der Waals surface area contributed by atoms with Gasteiger partial charge in [0.1, 0.15) is 5.75 Å². The normalized spacial score (nSPS) is 11.8. The standard InChI is InChI=1S/C11H11NO3S/c1-8-4-9(5-12)2-3-10(8)6-16(15)7-11(13)14/h2-4H,6-7H2,1H3,(H,13,14). The molecule has 4 nitrogen and oxygen atoms in total. The van der Waals surface area contributed by atoms with E-state index in [0.29, 0.717) is 5.56 Å². The molecule has 0 aliphatic heterocycles. The lowest BCUT2D eigenvalue weighted by atomic mass is 10.1. The Hall–Kier alpha value is -1.67. The molecule has 1 rings (SSSR count). The maximum Gasteiger partial charge on any atom is 0.316 e. The lowest BCUT2D eigenvalue weighted by molar-refractivity contribution is -0.133. The summed E-state index contributed by atoms with van der Waals surface area (Å²) < 4.78 is 11.4. The number of aryl methyl sites for hydroxylation is 1. The van der Waals surface area contributed by atoms with Crippen molar-refractivity contribution >= 4 is 16.8 Å². The molecule has 0 aromatic heterocycles. The van der Waals surface area contributed by atoms with E-state index in [0.717, 1.165) is 11.1 Å². The molecule has 0 spiro atoms. The Kier molecular flexibility index (Phi) is 4.20. The third kappa shape index (κ3) is 3.48. The number of hydrogen-bond donors (Lipinski definition) is 1. The summed E-state index contributed by atoms with van der Waals surface area (Å²) in [6.45, 7) is 1.81. The second kappa shape index (κ2) is 5.42. The molecule has 1 aromatic carbocycles. The van der Waals surface area contributed by atoms with Gasteiger partial charge in [-0.3, -0.25) is 9.00 Å². The zero-order chi connectivity index (χ0) is 12.1. The highest BCUT2D eigenvalue weighted by molar-refractivity contribution is 7.84. The van der Waals surface area contributed by atoms with E-state index >= 15 is 0 Å². The molecule has 1 atom stereocenters. The second-order valence-electron chi connectivity index (χ2n) is 3.38. The minimum atomic E-state index is -1.40. The van der Waals surface area contributed by atoms with Gasteiger partial charge in [0.15, 0.2) is 0 Å². The zero-order valence-corrected chi connectivity index (χ0v) is 9.58. The predicted octanol–water partition coefficient (Wildman–Crippen LogP) is 1.20. The molecule has 1 unspecified atom stereocenters. The van der Waals surface area contributed by atoms with Crippen LogP contribution in [0.1, 0.15) is 16.7 Å².